The Morgan fingerprint density at radius 1 is 1.04 bits per heavy atom. The minimum Gasteiger partial charge on any atom is -0.481 e. The van der Waals surface area contributed by atoms with Crippen molar-refractivity contribution in [1.29, 1.82) is 0 Å². The predicted molar refractivity (Wildman–Crippen MR) is 181 cm³/mol. The second kappa shape index (κ2) is 13.4. The summed E-state index contributed by atoms with van der Waals surface area (Å²) in [5.41, 5.74) is 5.01. The Labute approximate surface area is 282 Å². The summed E-state index contributed by atoms with van der Waals surface area (Å²) in [7, 11) is 1.58. The molecule has 1 amide bonds. The highest BCUT2D eigenvalue weighted by atomic mass is 35.5. The first-order valence-electron chi connectivity index (χ1n) is 15.6. The molecule has 4 aromatic rings. The third-order valence-electron chi connectivity index (χ3n) is 9.02. The number of halogens is 3. The smallest absolute Gasteiger partial charge is 0.220 e. The molecule has 9 nitrogen and oxygen atoms in total. The molecule has 47 heavy (non-hydrogen) atoms. The van der Waals surface area contributed by atoms with Gasteiger partial charge in [-0.2, -0.15) is 0 Å². The fraction of sp³-hybridized carbons (Fsp3) is 0.343. The van der Waals surface area contributed by atoms with Crippen molar-refractivity contribution >= 4 is 40.5 Å². The van der Waals surface area contributed by atoms with Gasteiger partial charge in [-0.25, -0.2) is 9.37 Å². The lowest BCUT2D eigenvalue weighted by Gasteiger charge is -2.55. The van der Waals surface area contributed by atoms with Gasteiger partial charge in [0.1, 0.15) is 0 Å². The molecule has 2 aromatic heterocycles. The predicted octanol–water partition coefficient (Wildman–Crippen LogP) is 6.21. The lowest BCUT2D eigenvalue weighted by atomic mass is 9.78. The second-order valence-electron chi connectivity index (χ2n) is 12.5. The molecule has 0 aliphatic carbocycles. The number of nitrogens with one attached hydrogen (secondary N) is 3. The van der Waals surface area contributed by atoms with Crippen LogP contribution in [0.3, 0.4) is 0 Å². The second-order valence-corrected chi connectivity index (χ2v) is 13.3. The molecular formula is C35H35Cl2FN6O3. The minimum atomic E-state index is -0.304. The van der Waals surface area contributed by atoms with Gasteiger partial charge in [0, 0.05) is 79.1 Å². The van der Waals surface area contributed by atoms with E-state index in [9.17, 15) is 4.79 Å². The number of amides is 1. The number of carbonyl (C=O) groups is 1. The lowest BCUT2D eigenvalue weighted by Crippen LogP contribution is -2.65. The molecular weight excluding hydrogens is 642 g/mol. The summed E-state index contributed by atoms with van der Waals surface area (Å²) >= 11 is 13.9. The summed E-state index contributed by atoms with van der Waals surface area (Å²) in [6, 6.07) is 16.6. The van der Waals surface area contributed by atoms with Crippen LogP contribution in [0, 0.1) is 11.2 Å². The van der Waals surface area contributed by atoms with Crippen LogP contribution in [0.15, 0.2) is 60.8 Å². The van der Waals surface area contributed by atoms with Crippen LogP contribution in [0.5, 0.6) is 5.88 Å². The Hall–Kier alpha value is -3.80. The molecule has 2 aromatic carbocycles. The molecule has 244 valence electrons. The van der Waals surface area contributed by atoms with Crippen LogP contribution in [-0.2, 0) is 22.6 Å². The van der Waals surface area contributed by atoms with E-state index in [1.165, 1.54) is 0 Å². The number of ether oxygens (including phenoxy) is 2. The van der Waals surface area contributed by atoms with Crippen LogP contribution in [0.25, 0.3) is 22.5 Å². The SMILES string of the molecule is COc1nc(-c2ccnc(-c3cccc(Nc4cccc(CN5CC6(COC6)C5)c4F)c3Cl)c2Cl)ccc1CNC[C@@H]1CCC(=O)N1. The summed E-state index contributed by atoms with van der Waals surface area (Å²) < 4.78 is 26.6. The average Bonchev–Trinajstić information content (AvgIpc) is 3.45. The lowest BCUT2D eigenvalue weighted by molar-refractivity contribution is -0.191. The molecule has 1 atom stereocenters. The number of hydrogen-bond acceptors (Lipinski definition) is 8. The topological polar surface area (TPSA) is 101 Å². The van der Waals surface area contributed by atoms with Crippen molar-refractivity contribution < 1.29 is 18.7 Å². The Balaban J connectivity index is 1.08. The molecule has 1 spiro atoms. The molecule has 0 radical (unpaired) electrons. The monoisotopic (exact) mass is 676 g/mol. The molecule has 3 aliphatic rings. The molecule has 3 N–H and O–H groups in total. The highest BCUT2D eigenvalue weighted by molar-refractivity contribution is 6.39. The fourth-order valence-electron chi connectivity index (χ4n) is 6.55. The number of methoxy groups -OCH3 is 1. The maximum absolute atomic E-state index is 15.6. The largest absolute Gasteiger partial charge is 0.481 e. The van der Waals surface area contributed by atoms with Crippen molar-refractivity contribution in [1.82, 2.24) is 25.5 Å². The number of rotatable bonds is 11. The number of aromatic nitrogens is 2. The van der Waals surface area contributed by atoms with E-state index in [1.54, 1.807) is 31.5 Å². The highest BCUT2D eigenvalue weighted by Crippen LogP contribution is 2.42. The highest BCUT2D eigenvalue weighted by Gasteiger charge is 2.48. The summed E-state index contributed by atoms with van der Waals surface area (Å²) in [5, 5.41) is 10.3. The van der Waals surface area contributed by atoms with Gasteiger partial charge in [-0.15, -0.1) is 0 Å². The molecule has 3 fully saturated rings. The maximum Gasteiger partial charge on any atom is 0.220 e. The third kappa shape index (κ3) is 6.53. The van der Waals surface area contributed by atoms with Crippen molar-refractivity contribution in [2.24, 2.45) is 5.41 Å². The minimum absolute atomic E-state index is 0.0908. The zero-order chi connectivity index (χ0) is 32.5. The van der Waals surface area contributed by atoms with Gasteiger partial charge in [-0.1, -0.05) is 53.5 Å². The molecule has 5 heterocycles. The standard InChI is InChI=1S/C35H35Cl2FN6O3/c1-46-34-21(14-39-15-23-9-11-29(45)41-23)8-10-26(43-34)24-12-13-40-33(31(24)37)25-5-3-6-27(30(25)36)42-28-7-2-4-22(32(28)38)16-44-17-35(18-44)19-47-20-35/h2-8,10,12-13,23,39,42H,9,11,14-20H2,1H3,(H,41,45)/t23-/m0/s1. The van der Waals surface area contributed by atoms with E-state index >= 15 is 4.39 Å². The zero-order valence-electron chi connectivity index (χ0n) is 25.9. The van der Waals surface area contributed by atoms with Crippen LogP contribution in [0.1, 0.15) is 24.0 Å². The van der Waals surface area contributed by atoms with Crippen LogP contribution < -0.4 is 20.7 Å². The van der Waals surface area contributed by atoms with Gasteiger partial charge < -0.3 is 25.4 Å². The molecule has 0 saturated carbocycles. The van der Waals surface area contributed by atoms with E-state index in [1.807, 2.05) is 36.4 Å². The normalized spacial score (nSPS) is 18.5. The summed E-state index contributed by atoms with van der Waals surface area (Å²) in [5.74, 6) is 0.258. The zero-order valence-corrected chi connectivity index (χ0v) is 27.4. The molecule has 3 aliphatic heterocycles. The van der Waals surface area contributed by atoms with E-state index in [0.717, 1.165) is 38.3 Å². The van der Waals surface area contributed by atoms with Crippen LogP contribution in [-0.4, -0.2) is 66.8 Å². The van der Waals surface area contributed by atoms with Crippen molar-refractivity contribution in [3.63, 3.8) is 0 Å². The molecule has 12 heteroatoms. The van der Waals surface area contributed by atoms with E-state index in [4.69, 9.17) is 37.7 Å². The van der Waals surface area contributed by atoms with E-state index in [2.05, 4.69) is 25.8 Å². The number of likely N-dealkylation sites (tertiary alicyclic amines) is 1. The molecule has 7 rings (SSSR count). The summed E-state index contributed by atoms with van der Waals surface area (Å²) in [4.78, 5) is 23.0. The van der Waals surface area contributed by atoms with Crippen LogP contribution >= 0.6 is 23.2 Å². The van der Waals surface area contributed by atoms with Crippen molar-refractivity contribution in [2.45, 2.75) is 32.0 Å². The van der Waals surface area contributed by atoms with E-state index in [0.29, 0.717) is 81.4 Å². The van der Waals surface area contributed by atoms with Crippen LogP contribution in [0.4, 0.5) is 15.8 Å². The fourth-order valence-corrected chi connectivity index (χ4v) is 7.13. The number of anilines is 2. The first-order valence-corrected chi connectivity index (χ1v) is 16.4. The van der Waals surface area contributed by atoms with Gasteiger partial charge >= 0.3 is 0 Å². The van der Waals surface area contributed by atoms with Crippen molar-refractivity contribution in [2.75, 3.05) is 45.3 Å². The number of nitrogens with zero attached hydrogens (tertiary/aromatic N) is 3. The van der Waals surface area contributed by atoms with Gasteiger partial charge in [0.05, 0.1) is 53.1 Å². The Kier molecular flexibility index (Phi) is 9.04. The van der Waals surface area contributed by atoms with Gasteiger partial charge in [0.25, 0.3) is 0 Å². The number of pyridine rings is 2. The molecule has 3 saturated heterocycles. The van der Waals surface area contributed by atoms with Gasteiger partial charge in [-0.05, 0) is 30.7 Å². The van der Waals surface area contributed by atoms with Gasteiger partial charge in [-0.3, -0.25) is 14.7 Å². The third-order valence-corrected chi connectivity index (χ3v) is 9.81. The number of benzene rings is 2. The Bertz CT molecular complexity index is 1810. The maximum atomic E-state index is 15.6. The Morgan fingerprint density at radius 2 is 1.85 bits per heavy atom. The first kappa shape index (κ1) is 31.8. The van der Waals surface area contributed by atoms with E-state index in [-0.39, 0.29) is 23.2 Å². The van der Waals surface area contributed by atoms with Crippen LogP contribution in [0.2, 0.25) is 10.0 Å². The number of hydrogen-bond donors (Lipinski definition) is 3. The van der Waals surface area contributed by atoms with E-state index < -0.39 is 0 Å². The average molecular weight is 678 g/mol. The molecule has 0 bridgehead atoms. The van der Waals surface area contributed by atoms with Crippen molar-refractivity contribution in [3.05, 3.63) is 87.8 Å². The number of carbonyl (C=O) groups excluding carboxylic acids is 1. The quantitative estimate of drug-likeness (QED) is 0.173. The van der Waals surface area contributed by atoms with Gasteiger partial charge in [0.2, 0.25) is 11.8 Å². The summed E-state index contributed by atoms with van der Waals surface area (Å²) in [6.07, 6.45) is 3.05. The molecule has 0 unspecified atom stereocenters. The van der Waals surface area contributed by atoms with Crippen molar-refractivity contribution in [3.8, 4) is 28.4 Å². The van der Waals surface area contributed by atoms with Gasteiger partial charge in [0.15, 0.2) is 5.82 Å². The Morgan fingerprint density at radius 3 is 2.60 bits per heavy atom. The summed E-state index contributed by atoms with van der Waals surface area (Å²) in [6.45, 7) is 5.18. The first-order chi connectivity index (χ1) is 22.8.